The molecule has 2 aromatic rings. The first-order chi connectivity index (χ1) is 16.7. The van der Waals surface area contributed by atoms with E-state index < -0.39 is 4.92 Å². The predicted molar refractivity (Wildman–Crippen MR) is 140 cm³/mol. The summed E-state index contributed by atoms with van der Waals surface area (Å²) in [7, 11) is 0. The van der Waals surface area contributed by atoms with Gasteiger partial charge in [0.2, 0.25) is 0 Å². The van der Waals surface area contributed by atoms with Crippen molar-refractivity contribution in [3.8, 4) is 5.75 Å². The molecule has 0 fully saturated rings. The zero-order valence-electron chi connectivity index (χ0n) is 20.8. The van der Waals surface area contributed by atoms with Gasteiger partial charge in [0.1, 0.15) is 5.75 Å². The van der Waals surface area contributed by atoms with Crippen LogP contribution in [0, 0.1) is 10.1 Å². The molecule has 0 saturated heterocycles. The first-order valence-corrected chi connectivity index (χ1v) is 13.1. The summed E-state index contributed by atoms with van der Waals surface area (Å²) < 4.78 is 5.83. The number of benzene rings is 2. The molecule has 186 valence electrons. The van der Waals surface area contributed by atoms with Crippen molar-refractivity contribution >= 4 is 17.1 Å². The summed E-state index contributed by atoms with van der Waals surface area (Å²) in [6.07, 6.45) is 18.9. The Morgan fingerprint density at radius 3 is 1.50 bits per heavy atom. The van der Waals surface area contributed by atoms with Crippen LogP contribution in [0.3, 0.4) is 0 Å². The lowest BCUT2D eigenvalue weighted by atomic mass is 10.0. The molecule has 6 nitrogen and oxygen atoms in total. The highest BCUT2D eigenvalue weighted by Gasteiger charge is 2.03. The number of azo groups is 1. The molecular formula is C28H41N3O3. The van der Waals surface area contributed by atoms with Gasteiger partial charge < -0.3 is 4.74 Å². The number of hydrogen-bond acceptors (Lipinski definition) is 5. The van der Waals surface area contributed by atoms with E-state index in [1.54, 1.807) is 12.1 Å². The molecule has 0 atom stereocenters. The van der Waals surface area contributed by atoms with Crippen LogP contribution >= 0.6 is 0 Å². The molecule has 0 aliphatic rings. The lowest BCUT2D eigenvalue weighted by Crippen LogP contribution is -1.96. The molecule has 6 heteroatoms. The Morgan fingerprint density at radius 1 is 0.647 bits per heavy atom. The lowest BCUT2D eigenvalue weighted by Gasteiger charge is -2.06. The SMILES string of the molecule is CCCCCCCCCCCCCCCCOc1ccc(N=Nc2ccc([N+](=O)[O-])cc2)cc1. The minimum absolute atomic E-state index is 0.0410. The molecule has 0 unspecified atom stereocenters. The molecule has 2 aromatic carbocycles. The van der Waals surface area contributed by atoms with E-state index in [2.05, 4.69) is 17.2 Å². The van der Waals surface area contributed by atoms with Crippen molar-refractivity contribution in [2.75, 3.05) is 6.61 Å². The molecule has 0 aliphatic carbocycles. The molecule has 2 rings (SSSR count). The van der Waals surface area contributed by atoms with Crippen LogP contribution in [-0.4, -0.2) is 11.5 Å². The van der Waals surface area contributed by atoms with Gasteiger partial charge in [-0.25, -0.2) is 0 Å². The Kier molecular flexibility index (Phi) is 14.3. The fraction of sp³-hybridized carbons (Fsp3) is 0.571. The van der Waals surface area contributed by atoms with E-state index in [0.29, 0.717) is 11.4 Å². The van der Waals surface area contributed by atoms with Crippen LogP contribution in [0.4, 0.5) is 17.1 Å². The van der Waals surface area contributed by atoms with E-state index >= 15 is 0 Å². The summed E-state index contributed by atoms with van der Waals surface area (Å²) in [6.45, 7) is 3.01. The highest BCUT2D eigenvalue weighted by molar-refractivity contribution is 5.45. The van der Waals surface area contributed by atoms with Crippen LogP contribution < -0.4 is 4.74 Å². The number of nitro benzene ring substituents is 1. The summed E-state index contributed by atoms with van der Waals surface area (Å²) in [4.78, 5) is 10.3. The summed E-state index contributed by atoms with van der Waals surface area (Å²) in [5.74, 6) is 0.837. The van der Waals surface area contributed by atoms with E-state index in [-0.39, 0.29) is 5.69 Å². The average Bonchev–Trinajstić information content (AvgIpc) is 2.86. The van der Waals surface area contributed by atoms with Gasteiger partial charge in [-0.1, -0.05) is 90.4 Å². The highest BCUT2D eigenvalue weighted by atomic mass is 16.6. The Bertz CT molecular complexity index is 820. The number of non-ortho nitro benzene ring substituents is 1. The van der Waals surface area contributed by atoms with Gasteiger partial charge in [0.05, 0.1) is 22.9 Å². The average molecular weight is 468 g/mol. The van der Waals surface area contributed by atoms with Crippen molar-refractivity contribution in [3.05, 3.63) is 58.6 Å². The monoisotopic (exact) mass is 467 g/mol. The fourth-order valence-electron chi connectivity index (χ4n) is 3.85. The molecule has 0 aliphatic heterocycles. The van der Waals surface area contributed by atoms with E-state index in [0.717, 1.165) is 18.8 Å². The number of nitrogens with zero attached hydrogens (tertiary/aromatic N) is 3. The predicted octanol–water partition coefficient (Wildman–Crippen LogP) is 9.87. The van der Waals surface area contributed by atoms with Crippen molar-refractivity contribution in [2.45, 2.75) is 96.8 Å². The third-order valence-corrected chi connectivity index (χ3v) is 5.94. The Labute approximate surface area is 205 Å². The molecule has 0 heterocycles. The maximum absolute atomic E-state index is 10.7. The summed E-state index contributed by atoms with van der Waals surface area (Å²) in [5, 5.41) is 19.0. The zero-order chi connectivity index (χ0) is 24.3. The smallest absolute Gasteiger partial charge is 0.269 e. The third-order valence-electron chi connectivity index (χ3n) is 5.94. The Morgan fingerprint density at radius 2 is 1.06 bits per heavy atom. The second-order valence-corrected chi connectivity index (χ2v) is 8.91. The summed E-state index contributed by atoms with van der Waals surface area (Å²) in [5.41, 5.74) is 1.32. The van der Waals surface area contributed by atoms with Crippen molar-refractivity contribution < 1.29 is 9.66 Å². The molecule has 0 radical (unpaired) electrons. The summed E-state index contributed by atoms with van der Waals surface area (Å²) in [6, 6.07) is 13.5. The first kappa shape index (κ1) is 27.5. The van der Waals surface area contributed by atoms with Crippen molar-refractivity contribution in [1.82, 2.24) is 0 Å². The first-order valence-electron chi connectivity index (χ1n) is 13.1. The number of rotatable bonds is 19. The topological polar surface area (TPSA) is 77.1 Å². The van der Waals surface area contributed by atoms with Crippen LogP contribution in [0.1, 0.15) is 96.8 Å². The second kappa shape index (κ2) is 17.7. The van der Waals surface area contributed by atoms with Gasteiger partial charge in [-0.05, 0) is 42.8 Å². The van der Waals surface area contributed by atoms with Crippen LogP contribution in [-0.2, 0) is 0 Å². The maximum Gasteiger partial charge on any atom is 0.269 e. The quantitative estimate of drug-likeness (QED) is 0.0892. The van der Waals surface area contributed by atoms with E-state index in [9.17, 15) is 10.1 Å². The fourth-order valence-corrected chi connectivity index (χ4v) is 3.85. The molecule has 0 saturated carbocycles. The van der Waals surface area contributed by atoms with Crippen molar-refractivity contribution in [2.24, 2.45) is 10.2 Å². The number of ether oxygens (including phenoxy) is 1. The zero-order valence-corrected chi connectivity index (χ0v) is 20.8. The molecule has 0 N–H and O–H groups in total. The Balaban J connectivity index is 1.47. The van der Waals surface area contributed by atoms with E-state index in [1.165, 1.54) is 95.6 Å². The van der Waals surface area contributed by atoms with Gasteiger partial charge in [0.25, 0.3) is 5.69 Å². The number of nitro groups is 1. The van der Waals surface area contributed by atoms with Gasteiger partial charge in [-0.15, -0.1) is 0 Å². The van der Waals surface area contributed by atoms with Crippen LogP contribution in [0.5, 0.6) is 5.75 Å². The maximum atomic E-state index is 10.7. The van der Waals surface area contributed by atoms with Crippen LogP contribution in [0.25, 0.3) is 0 Å². The van der Waals surface area contributed by atoms with Crippen LogP contribution in [0.2, 0.25) is 0 Å². The number of unbranched alkanes of at least 4 members (excludes halogenated alkanes) is 13. The molecule has 0 spiro atoms. The van der Waals surface area contributed by atoms with Gasteiger partial charge in [-0.2, -0.15) is 10.2 Å². The van der Waals surface area contributed by atoms with Gasteiger partial charge in [0.15, 0.2) is 0 Å². The third kappa shape index (κ3) is 12.5. The van der Waals surface area contributed by atoms with E-state index in [1.807, 2.05) is 24.3 Å². The van der Waals surface area contributed by atoms with Crippen molar-refractivity contribution in [1.29, 1.82) is 0 Å². The minimum atomic E-state index is -0.432. The minimum Gasteiger partial charge on any atom is -0.494 e. The lowest BCUT2D eigenvalue weighted by molar-refractivity contribution is -0.384. The van der Waals surface area contributed by atoms with Crippen LogP contribution in [0.15, 0.2) is 58.8 Å². The standard InChI is InChI=1S/C28H41N3O3/c1-2-3-4-5-6-7-8-9-10-11-12-13-14-15-24-34-28-22-18-26(19-23-28)30-29-25-16-20-27(21-17-25)31(32)33/h16-23H,2-15,24H2,1H3. The normalized spacial score (nSPS) is 11.2. The largest absolute Gasteiger partial charge is 0.494 e. The van der Waals surface area contributed by atoms with Gasteiger partial charge >= 0.3 is 0 Å². The van der Waals surface area contributed by atoms with Crippen molar-refractivity contribution in [3.63, 3.8) is 0 Å². The second-order valence-electron chi connectivity index (χ2n) is 8.91. The molecule has 0 bridgehead atoms. The summed E-state index contributed by atoms with van der Waals surface area (Å²) >= 11 is 0. The van der Waals surface area contributed by atoms with Gasteiger partial charge in [-0.3, -0.25) is 10.1 Å². The highest BCUT2D eigenvalue weighted by Crippen LogP contribution is 2.23. The molecular weight excluding hydrogens is 426 g/mol. The van der Waals surface area contributed by atoms with Gasteiger partial charge in [0, 0.05) is 12.1 Å². The van der Waals surface area contributed by atoms with E-state index in [4.69, 9.17) is 4.74 Å². The number of hydrogen-bond donors (Lipinski definition) is 0. The Hall–Kier alpha value is -2.76. The molecule has 34 heavy (non-hydrogen) atoms. The molecule has 0 amide bonds. The molecule has 0 aromatic heterocycles.